The summed E-state index contributed by atoms with van der Waals surface area (Å²) in [5.74, 6) is -5.12. The number of fused-ring (bicyclic) bond motifs is 3. The topological polar surface area (TPSA) is 189 Å². The Labute approximate surface area is 256 Å². The molecule has 2 aliphatic heterocycles. The minimum absolute atomic E-state index is 0.00296. The molecule has 5 N–H and O–H groups in total. The predicted molar refractivity (Wildman–Crippen MR) is 148 cm³/mol. The first-order chi connectivity index (χ1) is 21.2. The first-order valence-electron chi connectivity index (χ1n) is 14.7. The second-order valence-corrected chi connectivity index (χ2v) is 12.2. The number of carbonyl (C=O) groups excluding carboxylic acids is 3. The molecule has 0 saturated carbocycles. The number of halogens is 1. The molecule has 8 atom stereocenters. The van der Waals surface area contributed by atoms with E-state index in [-0.39, 0.29) is 42.8 Å². The fourth-order valence-electron chi connectivity index (χ4n) is 7.09. The van der Waals surface area contributed by atoms with Crippen LogP contribution in [0.15, 0.2) is 18.2 Å². The smallest absolute Gasteiger partial charge is 0.210 e. The number of nitrogens with zero attached hydrogens (tertiary/aromatic N) is 1. The molecular weight excluding hydrogens is 597 g/mol. The highest BCUT2D eigenvalue weighted by Gasteiger charge is 2.54. The van der Waals surface area contributed by atoms with Gasteiger partial charge >= 0.3 is 0 Å². The molecular formula is C31H35FNO12+. The molecule has 0 radical (unpaired) electrons. The van der Waals surface area contributed by atoms with Gasteiger partial charge in [-0.15, -0.1) is 0 Å². The van der Waals surface area contributed by atoms with Crippen LogP contribution in [0.4, 0.5) is 4.39 Å². The Hall–Kier alpha value is -3.34. The molecule has 0 spiro atoms. The van der Waals surface area contributed by atoms with E-state index in [9.17, 15) is 44.4 Å². The summed E-state index contributed by atoms with van der Waals surface area (Å²) >= 11 is 0. The Balaban J connectivity index is 1.42. The lowest BCUT2D eigenvalue weighted by molar-refractivity contribution is -1.13. The largest absolute Gasteiger partial charge is 0.507 e. The maximum atomic E-state index is 14.8. The fourth-order valence-corrected chi connectivity index (χ4v) is 7.09. The Morgan fingerprint density at radius 2 is 1.82 bits per heavy atom. The number of aromatic hydroxyl groups is 2. The highest BCUT2D eigenvalue weighted by atomic mass is 19.1. The van der Waals surface area contributed by atoms with E-state index < -0.39 is 111 Å². The summed E-state index contributed by atoms with van der Waals surface area (Å²) in [6.07, 6.45) is -6.34. The van der Waals surface area contributed by atoms with E-state index in [0.717, 1.165) is 13.0 Å². The molecule has 4 aliphatic rings. The standard InChI is InChI=1S/C31H34FNO12/c1-13-26(35)18(33(41)7-8-43-21(12-33)42-3)9-20(44-13)45-19-11-31(40,14(2)34)10-16-23(19)30(39)25-24(28(16)37)27(36)15-5-4-6-17(32)22(15)29(25)38/h4-6,13,18-21,26,35,40-41H,7-12H2,1-3H3,(H-,36,37,38,39)/p+1. The van der Waals surface area contributed by atoms with Gasteiger partial charge in [0.1, 0.15) is 42.2 Å². The molecule has 8 unspecified atom stereocenters. The molecule has 13 nitrogen and oxygen atoms in total. The first-order valence-corrected chi connectivity index (χ1v) is 14.7. The number of benzene rings is 2. The molecule has 2 aromatic carbocycles. The third-order valence-electron chi connectivity index (χ3n) is 9.62. The molecule has 0 bridgehead atoms. The lowest BCUT2D eigenvalue weighted by atomic mass is 9.72. The third-order valence-corrected chi connectivity index (χ3v) is 9.62. The van der Waals surface area contributed by atoms with Gasteiger partial charge in [-0.1, -0.05) is 12.1 Å². The highest BCUT2D eigenvalue weighted by molar-refractivity contribution is 6.30. The first kappa shape index (κ1) is 31.6. The van der Waals surface area contributed by atoms with Gasteiger partial charge in [0.25, 0.3) is 0 Å². The molecule has 242 valence electrons. The molecule has 2 fully saturated rings. The maximum absolute atomic E-state index is 14.8. The number of hydrogen-bond donors (Lipinski definition) is 5. The van der Waals surface area contributed by atoms with Crippen molar-refractivity contribution in [1.82, 2.24) is 0 Å². The van der Waals surface area contributed by atoms with Gasteiger partial charge in [-0.2, -0.15) is 4.65 Å². The van der Waals surface area contributed by atoms with Crippen molar-refractivity contribution in [1.29, 1.82) is 0 Å². The quantitative estimate of drug-likeness (QED) is 0.201. The summed E-state index contributed by atoms with van der Waals surface area (Å²) in [4.78, 5) is 39.7. The molecule has 0 amide bonds. The average molecular weight is 633 g/mol. The number of ketones is 3. The van der Waals surface area contributed by atoms with Crippen LogP contribution < -0.4 is 0 Å². The van der Waals surface area contributed by atoms with Crippen molar-refractivity contribution in [2.75, 3.05) is 26.8 Å². The van der Waals surface area contributed by atoms with Gasteiger partial charge in [0, 0.05) is 36.6 Å². The minimum atomic E-state index is -2.11. The zero-order valence-corrected chi connectivity index (χ0v) is 24.9. The monoisotopic (exact) mass is 632 g/mol. The van der Waals surface area contributed by atoms with Gasteiger partial charge < -0.3 is 39.4 Å². The average Bonchev–Trinajstić information content (AvgIpc) is 2.98. The molecule has 0 aromatic heterocycles. The van der Waals surface area contributed by atoms with Crippen LogP contribution in [0.5, 0.6) is 11.5 Å². The van der Waals surface area contributed by atoms with Crippen molar-refractivity contribution in [3.8, 4) is 11.5 Å². The summed E-state index contributed by atoms with van der Waals surface area (Å²) < 4.78 is 37.1. The lowest BCUT2D eigenvalue weighted by Gasteiger charge is -2.48. The molecule has 6 rings (SSSR count). The van der Waals surface area contributed by atoms with E-state index >= 15 is 0 Å². The van der Waals surface area contributed by atoms with Gasteiger partial charge in [0.05, 0.1) is 35.3 Å². The molecule has 2 heterocycles. The van der Waals surface area contributed by atoms with Crippen molar-refractivity contribution in [2.45, 2.75) is 75.6 Å². The number of methoxy groups -OCH3 is 1. The van der Waals surface area contributed by atoms with Gasteiger partial charge in [0.2, 0.25) is 12.1 Å². The van der Waals surface area contributed by atoms with Crippen LogP contribution in [0, 0.1) is 5.82 Å². The van der Waals surface area contributed by atoms with E-state index in [1.54, 1.807) is 6.92 Å². The second-order valence-electron chi connectivity index (χ2n) is 12.2. The fraction of sp³-hybridized carbons (Fsp3) is 0.516. The summed E-state index contributed by atoms with van der Waals surface area (Å²) in [7, 11) is 1.43. The van der Waals surface area contributed by atoms with E-state index in [1.807, 2.05) is 0 Å². The van der Waals surface area contributed by atoms with Crippen LogP contribution in [-0.2, 0) is 30.2 Å². The third kappa shape index (κ3) is 4.96. The number of hydroxylamine groups is 3. The Kier molecular flexibility index (Phi) is 7.85. The summed E-state index contributed by atoms with van der Waals surface area (Å²) in [5.41, 5.74) is -4.53. The molecule has 2 aromatic rings. The number of rotatable bonds is 5. The highest BCUT2D eigenvalue weighted by Crippen LogP contribution is 2.52. The van der Waals surface area contributed by atoms with Crippen molar-refractivity contribution in [3.63, 3.8) is 0 Å². The predicted octanol–water partition coefficient (Wildman–Crippen LogP) is 1.41. The summed E-state index contributed by atoms with van der Waals surface area (Å²) in [6, 6.07) is 2.61. The van der Waals surface area contributed by atoms with Crippen molar-refractivity contribution in [2.24, 2.45) is 0 Å². The van der Waals surface area contributed by atoms with Crippen molar-refractivity contribution >= 4 is 17.3 Å². The molecule has 14 heteroatoms. The Morgan fingerprint density at radius 3 is 2.51 bits per heavy atom. The summed E-state index contributed by atoms with van der Waals surface area (Å²) in [5, 5.41) is 56.9. The Bertz CT molecular complexity index is 1600. The van der Waals surface area contributed by atoms with Crippen LogP contribution in [0.1, 0.15) is 75.8 Å². The number of carbonyl (C=O) groups is 3. The van der Waals surface area contributed by atoms with Crippen LogP contribution in [0.2, 0.25) is 0 Å². The molecule has 45 heavy (non-hydrogen) atoms. The van der Waals surface area contributed by atoms with Crippen LogP contribution in [0.25, 0.3) is 0 Å². The zero-order chi connectivity index (χ0) is 32.6. The van der Waals surface area contributed by atoms with Gasteiger partial charge in [-0.05, 0) is 19.9 Å². The van der Waals surface area contributed by atoms with Gasteiger partial charge in [0.15, 0.2) is 30.4 Å². The van der Waals surface area contributed by atoms with Crippen molar-refractivity contribution < 1.29 is 68.0 Å². The lowest BCUT2D eigenvalue weighted by Crippen LogP contribution is -2.68. The molecule has 2 aliphatic carbocycles. The number of aliphatic hydroxyl groups is 2. The van der Waals surface area contributed by atoms with E-state index in [0.29, 0.717) is 0 Å². The zero-order valence-electron chi connectivity index (χ0n) is 24.9. The number of hydrogen-bond acceptors (Lipinski definition) is 12. The van der Waals surface area contributed by atoms with Gasteiger partial charge in [-0.25, -0.2) is 9.60 Å². The second kappa shape index (κ2) is 11.2. The Morgan fingerprint density at radius 1 is 1.11 bits per heavy atom. The normalized spacial score (nSPS) is 34.6. The number of aliphatic hydroxyl groups excluding tert-OH is 1. The number of Topliss-reactive ketones (excluding diaryl/α,β-unsaturated/α-hetero) is 1. The van der Waals surface area contributed by atoms with Crippen LogP contribution in [-0.4, -0.2) is 111 Å². The minimum Gasteiger partial charge on any atom is -0.507 e. The number of phenols is 2. The number of phenolic OH excluding ortho intramolecular Hbond substituents is 2. The van der Waals surface area contributed by atoms with Crippen LogP contribution >= 0.6 is 0 Å². The van der Waals surface area contributed by atoms with E-state index in [2.05, 4.69) is 0 Å². The van der Waals surface area contributed by atoms with E-state index in [4.69, 9.17) is 18.9 Å². The summed E-state index contributed by atoms with van der Waals surface area (Å²) in [6.45, 7) is 3.00. The SMILES string of the molecule is COC1C[N+](O)(C2CC(OC3CC(O)(C(C)=O)Cc4c(O)c5c(c(O)c43)C(=O)c3c(F)cccc3C5=O)OC(C)C2O)CCO1. The number of quaternary nitrogens is 1. The number of ether oxygens (including phenoxy) is 4. The van der Waals surface area contributed by atoms with Crippen LogP contribution in [0.3, 0.4) is 0 Å². The van der Waals surface area contributed by atoms with Gasteiger partial charge in [-0.3, -0.25) is 14.4 Å². The maximum Gasteiger partial charge on any atom is 0.210 e. The number of morpholine rings is 1. The van der Waals surface area contributed by atoms with E-state index in [1.165, 1.54) is 19.2 Å². The van der Waals surface area contributed by atoms with Crippen molar-refractivity contribution in [3.05, 3.63) is 57.4 Å². The molecule has 2 saturated heterocycles.